The molecule has 14 heavy (non-hydrogen) atoms. The number of methoxy groups -OCH3 is 1. The van der Waals surface area contributed by atoms with Gasteiger partial charge in [0, 0.05) is 23.5 Å². The van der Waals surface area contributed by atoms with Crippen molar-refractivity contribution in [2.45, 2.75) is 13.0 Å². The van der Waals surface area contributed by atoms with E-state index < -0.39 is 0 Å². The number of hydrogen-bond donors (Lipinski definition) is 2. The van der Waals surface area contributed by atoms with E-state index >= 15 is 0 Å². The zero-order valence-electron chi connectivity index (χ0n) is 7.92. The monoisotopic (exact) mass is 212 g/mol. The molecule has 1 aliphatic rings. The lowest BCUT2D eigenvalue weighted by atomic mass is 10.1. The second-order valence-electron chi connectivity index (χ2n) is 3.16. The van der Waals surface area contributed by atoms with E-state index in [1.807, 2.05) is 0 Å². The molecular weight excluding hydrogens is 200 g/mol. The molecule has 0 radical (unpaired) electrons. The predicted molar refractivity (Wildman–Crippen MR) is 55.5 cm³/mol. The number of nitrogens with one attached hydrogen (secondary N) is 1. The fourth-order valence-electron chi connectivity index (χ4n) is 1.58. The number of anilines is 1. The molecule has 0 amide bonds. The Morgan fingerprint density at radius 3 is 3.07 bits per heavy atom. The van der Waals surface area contributed by atoms with E-state index in [1.165, 1.54) is 23.3 Å². The molecule has 1 aromatic rings. The summed E-state index contributed by atoms with van der Waals surface area (Å²) in [5.74, 6) is -0.332. The molecule has 2 rings (SSSR count). The molecule has 3 N–H and O–H groups in total. The van der Waals surface area contributed by atoms with Gasteiger partial charge in [-0.15, -0.1) is 11.3 Å². The van der Waals surface area contributed by atoms with E-state index in [2.05, 4.69) is 10.1 Å². The Bertz CT molecular complexity index is 373. The number of carbonyl (C=O) groups is 1. The van der Waals surface area contributed by atoms with Gasteiger partial charge >= 0.3 is 5.97 Å². The molecular formula is C9H12N2O2S. The summed E-state index contributed by atoms with van der Waals surface area (Å²) in [5.41, 5.74) is 7.53. The van der Waals surface area contributed by atoms with Gasteiger partial charge in [0.15, 0.2) is 0 Å². The van der Waals surface area contributed by atoms with Crippen LogP contribution >= 0.6 is 11.3 Å². The highest BCUT2D eigenvalue weighted by molar-refractivity contribution is 7.14. The van der Waals surface area contributed by atoms with Crippen LogP contribution in [0.2, 0.25) is 0 Å². The van der Waals surface area contributed by atoms with Crippen LogP contribution in [0.4, 0.5) is 5.69 Å². The van der Waals surface area contributed by atoms with Crippen molar-refractivity contribution in [3.8, 4) is 0 Å². The summed E-state index contributed by atoms with van der Waals surface area (Å²) in [4.78, 5) is 13.1. The van der Waals surface area contributed by atoms with Crippen LogP contribution in [-0.4, -0.2) is 19.6 Å². The lowest BCUT2D eigenvalue weighted by Gasteiger charge is -2.12. The maximum Gasteiger partial charge on any atom is 0.350 e. The van der Waals surface area contributed by atoms with Crippen LogP contribution in [-0.2, 0) is 17.7 Å². The number of hydrogen-bond acceptors (Lipinski definition) is 5. The highest BCUT2D eigenvalue weighted by Gasteiger charge is 2.22. The first-order valence-corrected chi connectivity index (χ1v) is 5.24. The molecule has 4 nitrogen and oxygen atoms in total. The van der Waals surface area contributed by atoms with Crippen LogP contribution in [0.3, 0.4) is 0 Å². The fourth-order valence-corrected chi connectivity index (χ4v) is 2.74. The summed E-state index contributed by atoms with van der Waals surface area (Å²) in [6.07, 6.45) is 0.946. The number of rotatable bonds is 1. The van der Waals surface area contributed by atoms with Gasteiger partial charge in [-0.3, -0.25) is 0 Å². The summed E-state index contributed by atoms with van der Waals surface area (Å²) in [6.45, 7) is 1.71. The number of thiophene rings is 1. The summed E-state index contributed by atoms with van der Waals surface area (Å²) < 4.78 is 4.67. The number of fused-ring (bicyclic) bond motifs is 1. The van der Waals surface area contributed by atoms with Gasteiger partial charge in [-0.2, -0.15) is 0 Å². The molecule has 0 saturated carbocycles. The van der Waals surface area contributed by atoms with Gasteiger partial charge in [0.25, 0.3) is 0 Å². The van der Waals surface area contributed by atoms with E-state index in [9.17, 15) is 4.79 Å². The highest BCUT2D eigenvalue weighted by atomic mass is 32.1. The largest absolute Gasteiger partial charge is 0.465 e. The van der Waals surface area contributed by atoms with Crippen LogP contribution in [0.5, 0.6) is 0 Å². The molecule has 5 heteroatoms. The predicted octanol–water partition coefficient (Wildman–Crippen LogP) is 0.763. The molecule has 2 heterocycles. The summed E-state index contributed by atoms with van der Waals surface area (Å²) >= 11 is 1.46. The first-order chi connectivity index (χ1) is 6.74. The van der Waals surface area contributed by atoms with Gasteiger partial charge in [0.2, 0.25) is 0 Å². The Kier molecular flexibility index (Phi) is 2.43. The third kappa shape index (κ3) is 1.38. The molecule has 1 aromatic heterocycles. The minimum Gasteiger partial charge on any atom is -0.465 e. The van der Waals surface area contributed by atoms with Crippen LogP contribution in [0.25, 0.3) is 0 Å². The van der Waals surface area contributed by atoms with Gasteiger partial charge in [-0.05, 0) is 6.42 Å². The fraction of sp³-hybridized carbons (Fsp3) is 0.444. The average molecular weight is 212 g/mol. The van der Waals surface area contributed by atoms with Crippen molar-refractivity contribution in [1.29, 1.82) is 0 Å². The number of nitrogen functional groups attached to an aromatic ring is 1. The standard InChI is InChI=1S/C9H12N2O2S/c1-13-9(12)8-7(10)5-4-11-3-2-6(5)14-8/h11H,2-4,10H2,1H3. The molecule has 0 aliphatic carbocycles. The van der Waals surface area contributed by atoms with E-state index in [0.717, 1.165) is 25.1 Å². The lowest BCUT2D eigenvalue weighted by molar-refractivity contribution is 0.0607. The Labute approximate surface area is 86.1 Å². The molecule has 0 bridgehead atoms. The maximum absolute atomic E-state index is 11.3. The Hall–Kier alpha value is -1.07. The smallest absolute Gasteiger partial charge is 0.350 e. The molecule has 0 spiro atoms. The highest BCUT2D eigenvalue weighted by Crippen LogP contribution is 2.33. The van der Waals surface area contributed by atoms with E-state index in [-0.39, 0.29) is 5.97 Å². The Balaban J connectivity index is 2.43. The number of esters is 1. The van der Waals surface area contributed by atoms with Crippen molar-refractivity contribution in [3.05, 3.63) is 15.3 Å². The molecule has 0 saturated heterocycles. The van der Waals surface area contributed by atoms with Crippen molar-refractivity contribution in [1.82, 2.24) is 5.32 Å². The third-order valence-electron chi connectivity index (χ3n) is 2.33. The summed E-state index contributed by atoms with van der Waals surface area (Å²) in [6, 6.07) is 0. The topological polar surface area (TPSA) is 64.3 Å². The first kappa shape index (κ1) is 9.48. The van der Waals surface area contributed by atoms with Crippen molar-refractivity contribution in [2.75, 3.05) is 19.4 Å². The van der Waals surface area contributed by atoms with Crippen LogP contribution in [0, 0.1) is 0 Å². The quantitative estimate of drug-likeness (QED) is 0.675. The van der Waals surface area contributed by atoms with Gasteiger partial charge in [0.1, 0.15) is 4.88 Å². The Morgan fingerprint density at radius 1 is 1.64 bits per heavy atom. The first-order valence-electron chi connectivity index (χ1n) is 4.43. The molecule has 1 aliphatic heterocycles. The van der Waals surface area contributed by atoms with Gasteiger partial charge in [-0.25, -0.2) is 4.79 Å². The number of carbonyl (C=O) groups excluding carboxylic acids is 1. The van der Waals surface area contributed by atoms with Gasteiger partial charge in [-0.1, -0.05) is 0 Å². The number of nitrogens with two attached hydrogens (primary N) is 1. The van der Waals surface area contributed by atoms with E-state index in [0.29, 0.717) is 10.6 Å². The number of ether oxygens (including phenoxy) is 1. The van der Waals surface area contributed by atoms with E-state index in [1.54, 1.807) is 0 Å². The van der Waals surface area contributed by atoms with Crippen molar-refractivity contribution < 1.29 is 9.53 Å². The molecule has 0 atom stereocenters. The second-order valence-corrected chi connectivity index (χ2v) is 4.27. The normalized spacial score (nSPS) is 14.9. The SMILES string of the molecule is COC(=O)c1sc2c(c1N)CNCC2. The molecule has 0 unspecified atom stereocenters. The Morgan fingerprint density at radius 2 is 2.43 bits per heavy atom. The zero-order chi connectivity index (χ0) is 10.1. The minimum absolute atomic E-state index is 0.332. The maximum atomic E-state index is 11.3. The van der Waals surface area contributed by atoms with E-state index in [4.69, 9.17) is 5.73 Å². The summed E-state index contributed by atoms with van der Waals surface area (Å²) in [7, 11) is 1.37. The van der Waals surface area contributed by atoms with Crippen LogP contribution in [0.1, 0.15) is 20.1 Å². The third-order valence-corrected chi connectivity index (χ3v) is 3.62. The van der Waals surface area contributed by atoms with Crippen molar-refractivity contribution >= 4 is 23.0 Å². The minimum atomic E-state index is -0.332. The van der Waals surface area contributed by atoms with Crippen LogP contribution < -0.4 is 11.1 Å². The molecule has 76 valence electrons. The summed E-state index contributed by atoms with van der Waals surface area (Å²) in [5, 5.41) is 3.23. The van der Waals surface area contributed by atoms with Gasteiger partial charge in [0.05, 0.1) is 12.8 Å². The van der Waals surface area contributed by atoms with Crippen LogP contribution in [0.15, 0.2) is 0 Å². The average Bonchev–Trinajstić information content (AvgIpc) is 2.56. The van der Waals surface area contributed by atoms with Gasteiger partial charge < -0.3 is 15.8 Å². The zero-order valence-corrected chi connectivity index (χ0v) is 8.74. The van der Waals surface area contributed by atoms with Crippen molar-refractivity contribution in [3.63, 3.8) is 0 Å². The second kappa shape index (κ2) is 3.59. The lowest BCUT2D eigenvalue weighted by Crippen LogP contribution is -2.22. The molecule has 0 aromatic carbocycles. The van der Waals surface area contributed by atoms with Crippen molar-refractivity contribution in [2.24, 2.45) is 0 Å². The molecule has 0 fully saturated rings.